The molecule has 17 heavy (non-hydrogen) atoms. The maximum atomic E-state index is 10.9. The summed E-state index contributed by atoms with van der Waals surface area (Å²) in [7, 11) is 1.60. The fraction of sp³-hybridized carbons (Fsp3) is 0.462. The summed E-state index contributed by atoms with van der Waals surface area (Å²) in [4.78, 5) is 10.9. The Bertz CT molecular complexity index is 418. The van der Waals surface area contributed by atoms with Crippen LogP contribution in [-0.4, -0.2) is 12.9 Å². The van der Waals surface area contributed by atoms with Crippen molar-refractivity contribution < 1.29 is 9.53 Å². The fourth-order valence-corrected chi connectivity index (χ4v) is 1.82. The van der Waals surface area contributed by atoms with E-state index in [9.17, 15) is 4.79 Å². The molecular formula is C13H18ClNO2. The number of hydrogen-bond donors (Lipinski definition) is 1. The van der Waals surface area contributed by atoms with Crippen molar-refractivity contribution in [3.63, 3.8) is 0 Å². The highest BCUT2D eigenvalue weighted by molar-refractivity contribution is 6.31. The number of hydrogen-bond acceptors (Lipinski definition) is 3. The van der Waals surface area contributed by atoms with Crippen LogP contribution in [0.5, 0.6) is 5.75 Å². The zero-order valence-electron chi connectivity index (χ0n) is 10.4. The minimum atomic E-state index is -0.230. The molecule has 1 aromatic carbocycles. The van der Waals surface area contributed by atoms with Crippen molar-refractivity contribution in [1.82, 2.24) is 0 Å². The maximum Gasteiger partial charge on any atom is 0.129 e. The summed E-state index contributed by atoms with van der Waals surface area (Å²) in [5.74, 6) is 0.862. The number of nitrogens with two attached hydrogens (primary N) is 1. The van der Waals surface area contributed by atoms with E-state index in [-0.39, 0.29) is 11.8 Å². The summed E-state index contributed by atoms with van der Waals surface area (Å²) < 4.78 is 5.29. The average Bonchev–Trinajstić information content (AvgIpc) is 2.28. The first-order valence-electron chi connectivity index (χ1n) is 5.54. The van der Waals surface area contributed by atoms with Gasteiger partial charge in [-0.25, -0.2) is 0 Å². The second kappa shape index (κ2) is 6.03. The van der Waals surface area contributed by atoms with Gasteiger partial charge in [-0.05, 0) is 38.0 Å². The summed E-state index contributed by atoms with van der Waals surface area (Å²) in [6, 6.07) is 3.46. The molecule has 0 bridgehead atoms. The third kappa shape index (κ3) is 3.72. The zero-order valence-corrected chi connectivity index (χ0v) is 11.2. The van der Waals surface area contributed by atoms with Crippen LogP contribution in [0.15, 0.2) is 12.1 Å². The SMILES string of the molecule is COc1cc(C)c(Cl)cc1C(N)CCC(C)=O. The first-order valence-corrected chi connectivity index (χ1v) is 5.92. The van der Waals surface area contributed by atoms with Gasteiger partial charge in [0.25, 0.3) is 0 Å². The van der Waals surface area contributed by atoms with Gasteiger partial charge in [0.2, 0.25) is 0 Å². The number of methoxy groups -OCH3 is 1. The van der Waals surface area contributed by atoms with Gasteiger partial charge in [0.05, 0.1) is 7.11 Å². The number of Topliss-reactive ketones (excluding diaryl/α,β-unsaturated/α-hetero) is 1. The van der Waals surface area contributed by atoms with Crippen molar-refractivity contribution in [3.8, 4) is 5.75 Å². The van der Waals surface area contributed by atoms with E-state index in [1.165, 1.54) is 0 Å². The van der Waals surface area contributed by atoms with E-state index < -0.39 is 0 Å². The van der Waals surface area contributed by atoms with Crippen molar-refractivity contribution in [1.29, 1.82) is 0 Å². The van der Waals surface area contributed by atoms with Gasteiger partial charge in [-0.15, -0.1) is 0 Å². The molecule has 0 aliphatic rings. The standard InChI is InChI=1S/C13H18ClNO2/c1-8-6-13(17-3)10(7-11(8)14)12(15)5-4-9(2)16/h6-7,12H,4-5,15H2,1-3H3. The van der Waals surface area contributed by atoms with Gasteiger partial charge < -0.3 is 15.3 Å². The summed E-state index contributed by atoms with van der Waals surface area (Å²) in [6.45, 7) is 3.47. The highest BCUT2D eigenvalue weighted by Gasteiger charge is 2.14. The molecule has 2 N–H and O–H groups in total. The minimum absolute atomic E-state index is 0.137. The van der Waals surface area contributed by atoms with E-state index in [0.717, 1.165) is 16.9 Å². The molecule has 0 aromatic heterocycles. The second-order valence-electron chi connectivity index (χ2n) is 4.19. The summed E-state index contributed by atoms with van der Waals surface area (Å²) >= 11 is 6.07. The largest absolute Gasteiger partial charge is 0.496 e. The number of carbonyl (C=O) groups excluding carboxylic acids is 1. The molecule has 0 heterocycles. The zero-order chi connectivity index (χ0) is 13.0. The Morgan fingerprint density at radius 3 is 2.71 bits per heavy atom. The lowest BCUT2D eigenvalue weighted by Crippen LogP contribution is -2.13. The van der Waals surface area contributed by atoms with E-state index >= 15 is 0 Å². The molecule has 1 unspecified atom stereocenters. The quantitative estimate of drug-likeness (QED) is 0.880. The summed E-state index contributed by atoms with van der Waals surface area (Å²) in [6.07, 6.45) is 1.07. The number of halogens is 1. The van der Waals surface area contributed by atoms with Gasteiger partial charge >= 0.3 is 0 Å². The van der Waals surface area contributed by atoms with Crippen molar-refractivity contribution in [2.24, 2.45) is 5.73 Å². The van der Waals surface area contributed by atoms with E-state index in [0.29, 0.717) is 17.9 Å². The Labute approximate surface area is 107 Å². The van der Waals surface area contributed by atoms with Gasteiger partial charge in [-0.2, -0.15) is 0 Å². The molecule has 0 saturated heterocycles. The van der Waals surface area contributed by atoms with Crippen molar-refractivity contribution in [2.45, 2.75) is 32.7 Å². The molecule has 0 aliphatic carbocycles. The van der Waals surface area contributed by atoms with Gasteiger partial charge in [-0.3, -0.25) is 0 Å². The Hall–Kier alpha value is -1.06. The van der Waals surface area contributed by atoms with Crippen molar-refractivity contribution in [3.05, 3.63) is 28.3 Å². The molecule has 3 nitrogen and oxygen atoms in total. The molecular weight excluding hydrogens is 238 g/mol. The lowest BCUT2D eigenvalue weighted by atomic mass is 9.99. The van der Waals surface area contributed by atoms with Crippen LogP contribution in [0.1, 0.15) is 36.9 Å². The van der Waals surface area contributed by atoms with Crippen molar-refractivity contribution in [2.75, 3.05) is 7.11 Å². The minimum Gasteiger partial charge on any atom is -0.496 e. The number of ether oxygens (including phenoxy) is 1. The molecule has 0 spiro atoms. The molecule has 1 rings (SSSR count). The Kier molecular flexibility index (Phi) is 4.97. The van der Waals surface area contributed by atoms with E-state index in [1.54, 1.807) is 14.0 Å². The fourth-order valence-electron chi connectivity index (χ4n) is 1.65. The highest BCUT2D eigenvalue weighted by atomic mass is 35.5. The predicted octanol–water partition coefficient (Wildman–Crippen LogP) is 3.03. The molecule has 0 saturated carbocycles. The van der Waals surface area contributed by atoms with Crippen LogP contribution in [-0.2, 0) is 4.79 Å². The van der Waals surface area contributed by atoms with Gasteiger partial charge in [0, 0.05) is 23.0 Å². The maximum absolute atomic E-state index is 10.9. The normalized spacial score (nSPS) is 12.3. The third-order valence-electron chi connectivity index (χ3n) is 2.72. The van der Waals surface area contributed by atoms with Crippen LogP contribution in [0.2, 0.25) is 5.02 Å². The van der Waals surface area contributed by atoms with E-state index in [2.05, 4.69) is 0 Å². The summed E-state index contributed by atoms with van der Waals surface area (Å²) in [5, 5.41) is 0.666. The van der Waals surface area contributed by atoms with Crippen LogP contribution < -0.4 is 10.5 Å². The molecule has 0 aliphatic heterocycles. The number of rotatable bonds is 5. The monoisotopic (exact) mass is 255 g/mol. The molecule has 0 radical (unpaired) electrons. The lowest BCUT2D eigenvalue weighted by molar-refractivity contribution is -0.117. The number of ketones is 1. The van der Waals surface area contributed by atoms with Crippen LogP contribution in [0.25, 0.3) is 0 Å². The first kappa shape index (κ1) is 14.0. The number of aryl methyl sites for hydroxylation is 1. The average molecular weight is 256 g/mol. The highest BCUT2D eigenvalue weighted by Crippen LogP contribution is 2.31. The Morgan fingerprint density at radius 2 is 2.18 bits per heavy atom. The third-order valence-corrected chi connectivity index (χ3v) is 3.13. The van der Waals surface area contributed by atoms with Crippen LogP contribution in [0.4, 0.5) is 0 Å². The lowest BCUT2D eigenvalue weighted by Gasteiger charge is -2.16. The van der Waals surface area contributed by atoms with Gasteiger partial charge in [-0.1, -0.05) is 11.6 Å². The molecule has 1 atom stereocenters. The summed E-state index contributed by atoms with van der Waals surface area (Å²) in [5.41, 5.74) is 7.85. The van der Waals surface area contributed by atoms with Crippen LogP contribution >= 0.6 is 11.6 Å². The van der Waals surface area contributed by atoms with E-state index in [1.807, 2.05) is 19.1 Å². The Balaban J connectivity index is 2.95. The first-order chi connectivity index (χ1) is 7.95. The number of benzene rings is 1. The second-order valence-corrected chi connectivity index (χ2v) is 4.60. The van der Waals surface area contributed by atoms with Gasteiger partial charge in [0.15, 0.2) is 0 Å². The smallest absolute Gasteiger partial charge is 0.129 e. The van der Waals surface area contributed by atoms with E-state index in [4.69, 9.17) is 22.1 Å². The van der Waals surface area contributed by atoms with Crippen LogP contribution in [0.3, 0.4) is 0 Å². The van der Waals surface area contributed by atoms with Gasteiger partial charge in [0.1, 0.15) is 11.5 Å². The predicted molar refractivity (Wildman–Crippen MR) is 69.6 cm³/mol. The molecule has 0 fully saturated rings. The number of carbonyl (C=O) groups is 1. The molecule has 0 amide bonds. The van der Waals surface area contributed by atoms with Crippen LogP contribution in [0, 0.1) is 6.92 Å². The molecule has 1 aromatic rings. The Morgan fingerprint density at radius 1 is 1.53 bits per heavy atom. The topological polar surface area (TPSA) is 52.3 Å². The molecule has 4 heteroatoms. The molecule has 94 valence electrons. The van der Waals surface area contributed by atoms with Crippen molar-refractivity contribution >= 4 is 17.4 Å².